The number of hydrogen-bond acceptors (Lipinski definition) is 6. The van der Waals surface area contributed by atoms with Crippen LogP contribution in [0.3, 0.4) is 0 Å². The third kappa shape index (κ3) is 3.86. The maximum absolute atomic E-state index is 12.0. The van der Waals surface area contributed by atoms with Gasteiger partial charge in [-0.3, -0.25) is 14.9 Å². The van der Waals surface area contributed by atoms with E-state index in [0.717, 1.165) is 0 Å². The van der Waals surface area contributed by atoms with Crippen LogP contribution in [0.25, 0.3) is 0 Å². The first-order chi connectivity index (χ1) is 12.0. The molecular weight excluding hydrogens is 328 g/mol. The maximum Gasteiger partial charge on any atom is 0.273 e. The second kappa shape index (κ2) is 7.18. The molecule has 25 heavy (non-hydrogen) atoms. The fourth-order valence-electron chi connectivity index (χ4n) is 2.52. The smallest absolute Gasteiger partial charge is 0.273 e. The van der Waals surface area contributed by atoms with Crippen LogP contribution >= 0.6 is 0 Å². The number of rotatable bonds is 6. The van der Waals surface area contributed by atoms with Gasteiger partial charge >= 0.3 is 0 Å². The minimum absolute atomic E-state index is 0.0148. The monoisotopic (exact) mass is 344 g/mol. The summed E-state index contributed by atoms with van der Waals surface area (Å²) in [6.45, 7) is 0.126. The van der Waals surface area contributed by atoms with Crippen LogP contribution in [0.15, 0.2) is 42.5 Å². The number of para-hydroxylation sites is 1. The van der Waals surface area contributed by atoms with Gasteiger partial charge in [0.15, 0.2) is 11.5 Å². The average molecular weight is 344 g/mol. The molecule has 1 aliphatic rings. The van der Waals surface area contributed by atoms with Crippen molar-refractivity contribution in [3.05, 3.63) is 63.7 Å². The molecule has 1 amide bonds. The molecule has 0 fully saturated rings. The summed E-state index contributed by atoms with van der Waals surface area (Å²) >= 11 is 0. The van der Waals surface area contributed by atoms with Crippen molar-refractivity contribution in [3.63, 3.8) is 0 Å². The number of aliphatic hydroxyl groups is 1. The molecule has 2 aromatic carbocycles. The third-order valence-electron chi connectivity index (χ3n) is 3.81. The number of hydrogen-bond donors (Lipinski definition) is 2. The van der Waals surface area contributed by atoms with Crippen molar-refractivity contribution in [2.45, 2.75) is 12.5 Å². The van der Waals surface area contributed by atoms with Crippen LogP contribution in [-0.2, 0) is 11.2 Å². The van der Waals surface area contributed by atoms with Gasteiger partial charge in [0.1, 0.15) is 0 Å². The molecule has 0 saturated carbocycles. The van der Waals surface area contributed by atoms with Crippen molar-refractivity contribution in [2.75, 3.05) is 13.3 Å². The largest absolute Gasteiger partial charge is 0.454 e. The number of carbonyl (C=O) groups is 1. The van der Waals surface area contributed by atoms with Crippen molar-refractivity contribution >= 4 is 11.6 Å². The highest BCUT2D eigenvalue weighted by Gasteiger charge is 2.18. The lowest BCUT2D eigenvalue weighted by molar-refractivity contribution is -0.385. The number of amides is 1. The van der Waals surface area contributed by atoms with Crippen LogP contribution in [-0.4, -0.2) is 29.3 Å². The summed E-state index contributed by atoms with van der Waals surface area (Å²) in [5.74, 6) is 0.744. The average Bonchev–Trinajstić information content (AvgIpc) is 3.07. The minimum atomic E-state index is -0.927. The number of aliphatic hydroxyl groups excluding tert-OH is 1. The van der Waals surface area contributed by atoms with Crippen molar-refractivity contribution < 1.29 is 24.3 Å². The molecule has 3 rings (SSSR count). The first-order valence-corrected chi connectivity index (χ1v) is 7.61. The zero-order valence-electron chi connectivity index (χ0n) is 13.2. The molecule has 2 N–H and O–H groups in total. The van der Waals surface area contributed by atoms with Crippen LogP contribution in [0.2, 0.25) is 0 Å². The molecule has 2 aromatic rings. The quantitative estimate of drug-likeness (QED) is 0.610. The van der Waals surface area contributed by atoms with E-state index in [0.29, 0.717) is 22.6 Å². The Labute approximate surface area is 143 Å². The third-order valence-corrected chi connectivity index (χ3v) is 3.81. The van der Waals surface area contributed by atoms with Crippen LogP contribution in [0.1, 0.15) is 17.2 Å². The Morgan fingerprint density at radius 3 is 2.80 bits per heavy atom. The zero-order valence-corrected chi connectivity index (χ0v) is 13.2. The predicted octanol–water partition coefficient (Wildman–Crippen LogP) is 1.72. The van der Waals surface area contributed by atoms with Gasteiger partial charge in [-0.05, 0) is 17.7 Å². The number of nitrogens with zero attached hydrogens (tertiary/aromatic N) is 1. The molecule has 1 heterocycles. The normalized spacial score (nSPS) is 13.3. The summed E-state index contributed by atoms with van der Waals surface area (Å²) in [7, 11) is 0. The number of nitro groups is 1. The van der Waals surface area contributed by atoms with Gasteiger partial charge in [-0.1, -0.05) is 24.3 Å². The van der Waals surface area contributed by atoms with Crippen molar-refractivity contribution in [1.29, 1.82) is 0 Å². The summed E-state index contributed by atoms with van der Waals surface area (Å²) in [5.41, 5.74) is 0.798. The standard InChI is InChI=1S/C17H16N2O6/c20-14(12-5-6-15-16(7-12)25-10-24-15)9-18-17(21)8-11-3-1-2-4-13(11)19(22)23/h1-7,14,20H,8-10H2,(H,18,21)/t14-/m1/s1. The molecule has 8 heteroatoms. The van der Waals surface area contributed by atoms with Crippen LogP contribution < -0.4 is 14.8 Å². The lowest BCUT2D eigenvalue weighted by atomic mass is 10.1. The molecule has 0 aliphatic carbocycles. The second-order valence-corrected chi connectivity index (χ2v) is 5.50. The first-order valence-electron chi connectivity index (χ1n) is 7.61. The van der Waals surface area contributed by atoms with Crippen LogP contribution in [0.4, 0.5) is 5.69 Å². The van der Waals surface area contributed by atoms with Gasteiger partial charge in [0, 0.05) is 18.2 Å². The SMILES string of the molecule is O=C(Cc1ccccc1[N+](=O)[O-])NC[C@@H](O)c1ccc2c(c1)OCO2. The molecule has 0 bridgehead atoms. The number of benzene rings is 2. The molecule has 1 aliphatic heterocycles. The van der Waals surface area contributed by atoms with E-state index in [4.69, 9.17) is 9.47 Å². The molecule has 0 radical (unpaired) electrons. The van der Waals surface area contributed by atoms with Gasteiger partial charge < -0.3 is 19.9 Å². The van der Waals surface area contributed by atoms with E-state index in [9.17, 15) is 20.0 Å². The van der Waals surface area contributed by atoms with E-state index in [2.05, 4.69) is 5.32 Å². The maximum atomic E-state index is 12.0. The Bertz CT molecular complexity index is 807. The summed E-state index contributed by atoms with van der Waals surface area (Å²) in [6, 6.07) is 11.1. The number of fused-ring (bicyclic) bond motifs is 1. The molecule has 1 atom stereocenters. The number of carbonyl (C=O) groups excluding carboxylic acids is 1. The lowest BCUT2D eigenvalue weighted by Crippen LogP contribution is -2.29. The van der Waals surface area contributed by atoms with E-state index in [1.54, 1.807) is 30.3 Å². The van der Waals surface area contributed by atoms with Crippen LogP contribution in [0.5, 0.6) is 11.5 Å². The van der Waals surface area contributed by atoms with Crippen LogP contribution in [0, 0.1) is 10.1 Å². The molecule has 0 spiro atoms. The van der Waals surface area contributed by atoms with E-state index < -0.39 is 16.9 Å². The molecule has 0 aromatic heterocycles. The highest BCUT2D eigenvalue weighted by atomic mass is 16.7. The van der Waals surface area contributed by atoms with Gasteiger partial charge in [0.2, 0.25) is 12.7 Å². The molecule has 130 valence electrons. The number of nitrogens with one attached hydrogen (secondary N) is 1. The fourth-order valence-corrected chi connectivity index (χ4v) is 2.52. The van der Waals surface area contributed by atoms with E-state index in [-0.39, 0.29) is 25.4 Å². The van der Waals surface area contributed by atoms with Gasteiger partial charge in [-0.25, -0.2) is 0 Å². The summed E-state index contributed by atoms with van der Waals surface area (Å²) in [4.78, 5) is 22.5. The Morgan fingerprint density at radius 1 is 1.24 bits per heavy atom. The van der Waals surface area contributed by atoms with Gasteiger partial charge in [0.25, 0.3) is 5.69 Å². The van der Waals surface area contributed by atoms with Crippen molar-refractivity contribution in [3.8, 4) is 11.5 Å². The molecular formula is C17H16N2O6. The minimum Gasteiger partial charge on any atom is -0.454 e. The summed E-state index contributed by atoms with van der Waals surface area (Å²) < 4.78 is 10.4. The molecule has 0 unspecified atom stereocenters. The first kappa shape index (κ1) is 16.7. The predicted molar refractivity (Wildman–Crippen MR) is 87.3 cm³/mol. The van der Waals surface area contributed by atoms with E-state index in [1.165, 1.54) is 12.1 Å². The number of nitro benzene ring substituents is 1. The Morgan fingerprint density at radius 2 is 2.00 bits per heavy atom. The van der Waals surface area contributed by atoms with Crippen molar-refractivity contribution in [1.82, 2.24) is 5.32 Å². The summed E-state index contributed by atoms with van der Waals surface area (Å²) in [5, 5.41) is 23.7. The zero-order chi connectivity index (χ0) is 17.8. The number of ether oxygens (including phenoxy) is 2. The highest BCUT2D eigenvalue weighted by molar-refractivity contribution is 5.79. The topological polar surface area (TPSA) is 111 Å². The lowest BCUT2D eigenvalue weighted by Gasteiger charge is -2.13. The Hall–Kier alpha value is -3.13. The van der Waals surface area contributed by atoms with Gasteiger partial charge in [0.05, 0.1) is 17.4 Å². The van der Waals surface area contributed by atoms with Crippen molar-refractivity contribution in [2.24, 2.45) is 0 Å². The Balaban J connectivity index is 1.58. The van der Waals surface area contributed by atoms with Gasteiger partial charge in [-0.15, -0.1) is 0 Å². The highest BCUT2D eigenvalue weighted by Crippen LogP contribution is 2.34. The van der Waals surface area contributed by atoms with E-state index >= 15 is 0 Å². The molecule has 8 nitrogen and oxygen atoms in total. The van der Waals surface area contributed by atoms with Gasteiger partial charge in [-0.2, -0.15) is 0 Å². The molecule has 0 saturated heterocycles. The van der Waals surface area contributed by atoms with E-state index in [1.807, 2.05) is 0 Å². The fraction of sp³-hybridized carbons (Fsp3) is 0.235. The Kier molecular flexibility index (Phi) is 4.80. The summed E-state index contributed by atoms with van der Waals surface area (Å²) in [6.07, 6.45) is -1.06. The second-order valence-electron chi connectivity index (χ2n) is 5.50.